The van der Waals surface area contributed by atoms with Crippen LogP contribution < -0.4 is 9.47 Å². The van der Waals surface area contributed by atoms with E-state index in [1.807, 2.05) is 26.0 Å². The molecule has 0 N–H and O–H groups in total. The number of aryl methyl sites for hydroxylation is 1. The molecule has 4 unspecified atom stereocenters. The van der Waals surface area contributed by atoms with Crippen LogP contribution in [0.5, 0.6) is 11.5 Å². The molecule has 330 valence electrons. The maximum absolute atomic E-state index is 13.4. The van der Waals surface area contributed by atoms with E-state index in [-0.39, 0.29) is 23.2 Å². The molecule has 12 nitrogen and oxygen atoms in total. The maximum Gasteiger partial charge on any atom is 0.338 e. The quantitative estimate of drug-likeness (QED) is 0.0266. The van der Waals surface area contributed by atoms with Crippen molar-refractivity contribution in [1.82, 2.24) is 0 Å². The van der Waals surface area contributed by atoms with Gasteiger partial charge in [-0.15, -0.1) is 11.3 Å². The summed E-state index contributed by atoms with van der Waals surface area (Å²) in [5.41, 5.74) is 1.99. The number of nitrogens with zero attached hydrogens (tertiary/aromatic N) is 2. The van der Waals surface area contributed by atoms with Crippen molar-refractivity contribution in [3.8, 4) is 11.5 Å². The molecule has 1 aliphatic carbocycles. The molecule has 2 aromatic carbocycles. The van der Waals surface area contributed by atoms with Crippen LogP contribution in [-0.4, -0.2) is 94.7 Å². The highest BCUT2D eigenvalue weighted by Gasteiger charge is 2.49. The van der Waals surface area contributed by atoms with Crippen LogP contribution in [0.15, 0.2) is 76.3 Å². The molecule has 3 aliphatic rings. The van der Waals surface area contributed by atoms with Gasteiger partial charge >= 0.3 is 11.9 Å². The topological polar surface area (TPSA) is 136 Å². The largest absolute Gasteiger partial charge is 0.494 e. The molecule has 0 radical (unpaired) electrons. The van der Waals surface area contributed by atoms with Gasteiger partial charge in [0.1, 0.15) is 29.3 Å². The molecule has 1 aromatic heterocycles. The van der Waals surface area contributed by atoms with E-state index in [1.54, 1.807) is 72.3 Å². The first-order chi connectivity index (χ1) is 29.6. The molecule has 0 amide bonds. The van der Waals surface area contributed by atoms with Gasteiger partial charge < -0.3 is 37.9 Å². The Bertz CT molecular complexity index is 1900. The number of epoxide rings is 1. The summed E-state index contributed by atoms with van der Waals surface area (Å²) in [7, 11) is 0. The van der Waals surface area contributed by atoms with Gasteiger partial charge in [0.25, 0.3) is 0 Å². The Balaban J connectivity index is 0.942. The van der Waals surface area contributed by atoms with E-state index < -0.39 is 24.1 Å². The lowest BCUT2D eigenvalue weighted by atomic mass is 9.84. The Labute approximate surface area is 364 Å². The van der Waals surface area contributed by atoms with E-state index in [0.717, 1.165) is 70.5 Å². The highest BCUT2D eigenvalue weighted by molar-refractivity contribution is 7.10. The fourth-order valence-corrected chi connectivity index (χ4v) is 7.76. The van der Waals surface area contributed by atoms with Crippen molar-refractivity contribution in [3.63, 3.8) is 0 Å². The molecule has 0 bridgehead atoms. The number of hydrogen-bond acceptors (Lipinski definition) is 13. The zero-order valence-corrected chi connectivity index (χ0v) is 36.9. The van der Waals surface area contributed by atoms with Crippen molar-refractivity contribution in [2.24, 2.45) is 21.5 Å². The van der Waals surface area contributed by atoms with Gasteiger partial charge in [0, 0.05) is 41.7 Å². The summed E-state index contributed by atoms with van der Waals surface area (Å²) in [6, 6.07) is 16.1. The average molecular weight is 859 g/mol. The number of benzene rings is 2. The smallest absolute Gasteiger partial charge is 0.338 e. The molecule has 6 rings (SSSR count). The van der Waals surface area contributed by atoms with Crippen LogP contribution >= 0.6 is 11.3 Å². The summed E-state index contributed by atoms with van der Waals surface area (Å²) in [5.74, 6) is 0.174. The highest BCUT2D eigenvalue weighted by Crippen LogP contribution is 2.36. The number of rotatable bonds is 25. The molecule has 13 heteroatoms. The van der Waals surface area contributed by atoms with E-state index in [9.17, 15) is 9.59 Å². The van der Waals surface area contributed by atoms with Crippen molar-refractivity contribution in [1.29, 1.82) is 0 Å². The third kappa shape index (κ3) is 14.9. The Morgan fingerprint density at radius 3 is 2.10 bits per heavy atom. The zero-order valence-electron chi connectivity index (χ0n) is 36.1. The van der Waals surface area contributed by atoms with Crippen LogP contribution in [0, 0.1) is 18.3 Å². The molecule has 1 saturated carbocycles. The van der Waals surface area contributed by atoms with Gasteiger partial charge in [0.2, 0.25) is 0 Å². The Hall–Kier alpha value is -4.40. The second kappa shape index (κ2) is 23.2. The molecular weight excluding hydrogens is 797 g/mol. The highest BCUT2D eigenvalue weighted by atomic mass is 32.1. The minimum Gasteiger partial charge on any atom is -0.494 e. The number of ether oxygens (including phenoxy) is 8. The lowest BCUT2D eigenvalue weighted by molar-refractivity contribution is -0.150. The first kappa shape index (κ1) is 46.1. The van der Waals surface area contributed by atoms with E-state index in [4.69, 9.17) is 37.9 Å². The number of thiophene rings is 1. The Morgan fingerprint density at radius 2 is 1.49 bits per heavy atom. The second-order valence-corrected chi connectivity index (χ2v) is 17.8. The zero-order chi connectivity index (χ0) is 42.9. The summed E-state index contributed by atoms with van der Waals surface area (Å²) in [6.07, 6.45) is 13.5. The van der Waals surface area contributed by atoms with Crippen LogP contribution in [0.1, 0.15) is 110 Å². The number of unbranched alkanes of at least 4 members (excludes halogenated alkanes) is 3. The number of allylic oxidation sites excluding steroid dienone is 1. The molecule has 61 heavy (non-hydrogen) atoms. The molecule has 3 aromatic rings. The summed E-state index contributed by atoms with van der Waals surface area (Å²) in [4.78, 5) is 27.8. The minimum absolute atomic E-state index is 0.148. The molecule has 0 spiro atoms. The standard InChI is InChI=1S/C48H62N2O10S/c1-5-48(33-54-34-48)32-53-24-8-6-7-9-25-55-40-19-15-38(16-20-40)45(52)59-43-22-21-42(29-39(43)30-50-49-23-10-12-36-28-35(2)61-31-36)58-44(51)37-13-17-41(18-14-37)56-26-11-27-57-46-47(3,4)60-46/h10,12-20,23,28,30-31,39,42-43,46H,5-9,11,21-22,24-27,29,32-34H2,1-4H3/b12-10+,49-23+,50-30+. The van der Waals surface area contributed by atoms with Gasteiger partial charge in [-0.2, -0.15) is 10.2 Å². The number of carbonyl (C=O) groups excluding carboxylic acids is 2. The van der Waals surface area contributed by atoms with Crippen LogP contribution in [0.2, 0.25) is 0 Å². The normalized spacial score (nSPS) is 21.7. The second-order valence-electron chi connectivity index (χ2n) is 16.7. The Kier molecular flexibility index (Phi) is 17.5. The first-order valence-corrected chi connectivity index (χ1v) is 22.6. The molecule has 2 aliphatic heterocycles. The average Bonchev–Trinajstić information content (AvgIpc) is 3.64. The lowest BCUT2D eigenvalue weighted by Gasteiger charge is -2.40. The molecule has 2 saturated heterocycles. The van der Waals surface area contributed by atoms with Gasteiger partial charge in [-0.1, -0.05) is 19.4 Å². The van der Waals surface area contributed by atoms with Crippen LogP contribution in [0.4, 0.5) is 0 Å². The van der Waals surface area contributed by atoms with Crippen molar-refractivity contribution in [3.05, 3.63) is 87.6 Å². The monoisotopic (exact) mass is 858 g/mol. The third-order valence-electron chi connectivity index (χ3n) is 11.2. The molecular formula is C48H62N2O10S. The predicted molar refractivity (Wildman–Crippen MR) is 237 cm³/mol. The minimum atomic E-state index is -0.475. The van der Waals surface area contributed by atoms with E-state index >= 15 is 0 Å². The summed E-state index contributed by atoms with van der Waals surface area (Å²) >= 11 is 1.69. The SMILES string of the molecule is CCC1(COCCCCCCOc2ccc(C(=O)OC3CCC(OC(=O)c4ccc(OCCCOC5OC5(C)C)cc4)CC3/C=N/N=C/C=C/c3csc(C)c3)cc2)COC1. The molecule has 3 fully saturated rings. The van der Waals surface area contributed by atoms with Gasteiger partial charge in [-0.05, 0) is 137 Å². The van der Waals surface area contributed by atoms with Crippen molar-refractivity contribution in [2.45, 2.75) is 110 Å². The Morgan fingerprint density at radius 1 is 0.836 bits per heavy atom. The van der Waals surface area contributed by atoms with Crippen LogP contribution in [0.3, 0.4) is 0 Å². The summed E-state index contributed by atoms with van der Waals surface area (Å²) in [6.45, 7) is 13.1. The fraction of sp³-hybridized carbons (Fsp3) is 0.542. The van der Waals surface area contributed by atoms with Crippen molar-refractivity contribution < 1.29 is 47.5 Å². The van der Waals surface area contributed by atoms with Crippen molar-refractivity contribution >= 4 is 41.8 Å². The summed E-state index contributed by atoms with van der Waals surface area (Å²) in [5, 5.41) is 10.6. The maximum atomic E-state index is 13.4. The molecule has 4 atom stereocenters. The van der Waals surface area contributed by atoms with E-state index in [2.05, 4.69) is 35.5 Å². The van der Waals surface area contributed by atoms with Crippen LogP contribution in [-0.2, 0) is 28.4 Å². The van der Waals surface area contributed by atoms with Gasteiger partial charge in [0.15, 0.2) is 6.29 Å². The number of hydrogen-bond donors (Lipinski definition) is 0. The van der Waals surface area contributed by atoms with E-state index in [0.29, 0.717) is 61.7 Å². The first-order valence-electron chi connectivity index (χ1n) is 21.7. The van der Waals surface area contributed by atoms with Crippen molar-refractivity contribution in [2.75, 3.05) is 46.2 Å². The van der Waals surface area contributed by atoms with Gasteiger partial charge in [-0.3, -0.25) is 0 Å². The van der Waals surface area contributed by atoms with E-state index in [1.165, 1.54) is 4.88 Å². The summed E-state index contributed by atoms with van der Waals surface area (Å²) < 4.78 is 46.2. The fourth-order valence-electron chi connectivity index (χ4n) is 7.09. The van der Waals surface area contributed by atoms with Gasteiger partial charge in [0.05, 0.1) is 50.8 Å². The van der Waals surface area contributed by atoms with Gasteiger partial charge in [-0.25, -0.2) is 9.59 Å². The predicted octanol–water partition coefficient (Wildman–Crippen LogP) is 9.68. The van der Waals surface area contributed by atoms with Crippen LogP contribution in [0.25, 0.3) is 6.08 Å². The molecule has 3 heterocycles. The number of carbonyl (C=O) groups is 2. The lowest BCUT2D eigenvalue weighted by Crippen LogP contribution is -2.45. The third-order valence-corrected chi connectivity index (χ3v) is 12.1. The number of esters is 2.